The molecule has 0 atom stereocenters. The van der Waals surface area contributed by atoms with E-state index in [0.29, 0.717) is 5.75 Å². The molecule has 3 nitrogen and oxygen atoms in total. The van der Waals surface area contributed by atoms with E-state index in [9.17, 15) is 4.39 Å². The molecule has 0 spiro atoms. The van der Waals surface area contributed by atoms with Crippen molar-refractivity contribution in [2.45, 2.75) is 18.9 Å². The fraction of sp³-hybridized carbons (Fsp3) is 0.333. The lowest BCUT2D eigenvalue weighted by Crippen LogP contribution is -1.99. The largest absolute Gasteiger partial charge is 0.487 e. The van der Waals surface area contributed by atoms with Crippen LogP contribution in [0.25, 0.3) is 0 Å². The van der Waals surface area contributed by atoms with Crippen molar-refractivity contribution < 1.29 is 9.13 Å². The van der Waals surface area contributed by atoms with E-state index in [0.717, 1.165) is 18.9 Å². The van der Waals surface area contributed by atoms with Crippen molar-refractivity contribution in [2.24, 2.45) is 0 Å². The van der Waals surface area contributed by atoms with Crippen LogP contribution in [0, 0.1) is 17.3 Å². The predicted octanol–water partition coefficient (Wildman–Crippen LogP) is 1.63. The molecule has 0 bridgehead atoms. The second kappa shape index (κ2) is 3.02. The van der Waals surface area contributed by atoms with Crippen LogP contribution in [0.5, 0.6) is 5.75 Å². The molecule has 0 saturated heterocycles. The zero-order valence-electron chi connectivity index (χ0n) is 6.83. The van der Waals surface area contributed by atoms with Gasteiger partial charge in [-0.15, -0.1) is 0 Å². The Morgan fingerprint density at radius 2 is 2.38 bits per heavy atom. The van der Waals surface area contributed by atoms with Crippen LogP contribution in [-0.4, -0.2) is 11.1 Å². The second-order valence-electron chi connectivity index (χ2n) is 2.93. The molecule has 1 aromatic rings. The maximum atomic E-state index is 12.6. The third-order valence-electron chi connectivity index (χ3n) is 1.77. The Balaban J connectivity index is 2.27. The molecule has 13 heavy (non-hydrogen) atoms. The first-order valence-electron chi connectivity index (χ1n) is 4.02. The molecule has 1 aliphatic rings. The quantitative estimate of drug-likeness (QED) is 0.646. The van der Waals surface area contributed by atoms with E-state index in [4.69, 9.17) is 10.00 Å². The monoisotopic (exact) mass is 178 g/mol. The molecule has 0 aliphatic heterocycles. The summed E-state index contributed by atoms with van der Waals surface area (Å²) in [7, 11) is 0. The van der Waals surface area contributed by atoms with Crippen molar-refractivity contribution in [3.63, 3.8) is 0 Å². The molecule has 0 unspecified atom stereocenters. The summed E-state index contributed by atoms with van der Waals surface area (Å²) in [5, 5.41) is 8.65. The van der Waals surface area contributed by atoms with Crippen molar-refractivity contribution >= 4 is 0 Å². The molecule has 1 saturated carbocycles. The third-order valence-corrected chi connectivity index (χ3v) is 1.77. The minimum Gasteiger partial charge on any atom is -0.487 e. The summed E-state index contributed by atoms with van der Waals surface area (Å²) in [5.41, 5.74) is 0.208. The van der Waals surface area contributed by atoms with Gasteiger partial charge < -0.3 is 4.74 Å². The number of hydrogen-bond donors (Lipinski definition) is 0. The van der Waals surface area contributed by atoms with Crippen LogP contribution in [0.2, 0.25) is 0 Å². The van der Waals surface area contributed by atoms with Gasteiger partial charge in [-0.05, 0) is 12.8 Å². The highest BCUT2D eigenvalue weighted by molar-refractivity contribution is 5.40. The van der Waals surface area contributed by atoms with Crippen LogP contribution >= 0.6 is 0 Å². The molecule has 66 valence electrons. The molecule has 1 heterocycles. The molecule has 2 rings (SSSR count). The number of pyridine rings is 1. The second-order valence-corrected chi connectivity index (χ2v) is 2.93. The van der Waals surface area contributed by atoms with Gasteiger partial charge in [-0.3, -0.25) is 0 Å². The number of aromatic nitrogens is 1. The topological polar surface area (TPSA) is 45.9 Å². The lowest BCUT2D eigenvalue weighted by molar-refractivity contribution is 0.300. The Labute approximate surface area is 74.8 Å². The fourth-order valence-corrected chi connectivity index (χ4v) is 0.964. The average Bonchev–Trinajstić information content (AvgIpc) is 2.92. The maximum Gasteiger partial charge on any atom is 0.214 e. The van der Waals surface area contributed by atoms with Crippen LogP contribution in [0.1, 0.15) is 18.4 Å². The highest BCUT2D eigenvalue weighted by atomic mass is 19.1. The molecular formula is C9H7FN2O. The predicted molar refractivity (Wildman–Crippen MR) is 42.6 cm³/mol. The number of nitrogens with zero attached hydrogens (tertiary/aromatic N) is 2. The van der Waals surface area contributed by atoms with Crippen molar-refractivity contribution in [1.29, 1.82) is 5.26 Å². The average molecular weight is 178 g/mol. The first kappa shape index (κ1) is 7.99. The Hall–Kier alpha value is -1.63. The van der Waals surface area contributed by atoms with Crippen LogP contribution in [0.4, 0.5) is 4.39 Å². The molecule has 1 aromatic heterocycles. The van der Waals surface area contributed by atoms with E-state index in [-0.39, 0.29) is 11.7 Å². The lowest BCUT2D eigenvalue weighted by Gasteiger charge is -2.04. The zero-order valence-corrected chi connectivity index (χ0v) is 6.83. The lowest BCUT2D eigenvalue weighted by atomic mass is 10.3. The molecule has 1 fully saturated rings. The normalized spacial score (nSPS) is 15.1. The van der Waals surface area contributed by atoms with E-state index in [2.05, 4.69) is 4.98 Å². The van der Waals surface area contributed by atoms with Crippen LogP contribution < -0.4 is 4.74 Å². The zero-order chi connectivity index (χ0) is 9.26. The van der Waals surface area contributed by atoms with Crippen molar-refractivity contribution in [2.75, 3.05) is 0 Å². The summed E-state index contributed by atoms with van der Waals surface area (Å²) in [5.74, 6) is -0.272. The Morgan fingerprint density at radius 1 is 1.62 bits per heavy atom. The van der Waals surface area contributed by atoms with Gasteiger partial charge in [-0.2, -0.15) is 9.65 Å². The molecular weight excluding hydrogens is 171 g/mol. The van der Waals surface area contributed by atoms with Gasteiger partial charge in [0.1, 0.15) is 11.6 Å². The number of nitriles is 1. The van der Waals surface area contributed by atoms with E-state index in [1.165, 1.54) is 6.20 Å². The van der Waals surface area contributed by atoms with Gasteiger partial charge in [0.25, 0.3) is 0 Å². The van der Waals surface area contributed by atoms with Gasteiger partial charge in [-0.1, -0.05) is 0 Å². The highest BCUT2D eigenvalue weighted by Crippen LogP contribution is 2.28. The van der Waals surface area contributed by atoms with Gasteiger partial charge in [0.2, 0.25) is 5.95 Å². The molecule has 1 aliphatic carbocycles. The molecule has 0 N–H and O–H groups in total. The van der Waals surface area contributed by atoms with Gasteiger partial charge in [0.15, 0.2) is 5.75 Å². The molecule has 0 aromatic carbocycles. The summed E-state index contributed by atoms with van der Waals surface area (Å²) in [6.07, 6.45) is 3.45. The highest BCUT2D eigenvalue weighted by Gasteiger charge is 2.24. The van der Waals surface area contributed by atoms with Gasteiger partial charge >= 0.3 is 0 Å². The van der Waals surface area contributed by atoms with Crippen molar-refractivity contribution in [1.82, 2.24) is 4.98 Å². The third kappa shape index (κ3) is 1.75. The number of rotatable bonds is 2. The Kier molecular flexibility index (Phi) is 1.85. The number of halogens is 1. The van der Waals surface area contributed by atoms with E-state index in [1.807, 2.05) is 6.07 Å². The molecule has 0 amide bonds. The summed E-state index contributed by atoms with van der Waals surface area (Å²) < 4.78 is 17.9. The van der Waals surface area contributed by atoms with E-state index in [1.54, 1.807) is 0 Å². The van der Waals surface area contributed by atoms with E-state index < -0.39 is 5.95 Å². The standard InChI is InChI=1S/C9H7FN2O/c10-9-3-6(4-11)8(5-12-9)13-7-1-2-7/h3,5,7H,1-2H2. The summed E-state index contributed by atoms with van der Waals surface area (Å²) in [4.78, 5) is 3.43. The molecule has 4 heteroatoms. The maximum absolute atomic E-state index is 12.6. The summed E-state index contributed by atoms with van der Waals surface area (Å²) in [6.45, 7) is 0. The van der Waals surface area contributed by atoms with Crippen molar-refractivity contribution in [3.05, 3.63) is 23.8 Å². The van der Waals surface area contributed by atoms with Crippen LogP contribution in [-0.2, 0) is 0 Å². The van der Waals surface area contributed by atoms with Crippen LogP contribution in [0.15, 0.2) is 12.3 Å². The SMILES string of the molecule is N#Cc1cc(F)ncc1OC1CC1. The Bertz CT molecular complexity index is 368. The van der Waals surface area contributed by atoms with Crippen molar-refractivity contribution in [3.8, 4) is 11.8 Å². The Morgan fingerprint density at radius 3 is 3.00 bits per heavy atom. The van der Waals surface area contributed by atoms with Gasteiger partial charge in [-0.25, -0.2) is 4.98 Å². The minimum atomic E-state index is -0.653. The number of ether oxygens (including phenoxy) is 1. The fourth-order valence-electron chi connectivity index (χ4n) is 0.964. The summed E-state index contributed by atoms with van der Waals surface area (Å²) >= 11 is 0. The first-order chi connectivity index (χ1) is 6.29. The minimum absolute atomic E-state index is 0.194. The summed E-state index contributed by atoms with van der Waals surface area (Å²) in [6, 6.07) is 2.95. The first-order valence-corrected chi connectivity index (χ1v) is 4.02. The van der Waals surface area contributed by atoms with Gasteiger partial charge in [0, 0.05) is 6.07 Å². The van der Waals surface area contributed by atoms with Gasteiger partial charge in [0.05, 0.1) is 12.3 Å². The number of hydrogen-bond acceptors (Lipinski definition) is 3. The van der Waals surface area contributed by atoms with E-state index >= 15 is 0 Å². The molecule has 0 radical (unpaired) electrons. The van der Waals surface area contributed by atoms with Crippen LogP contribution in [0.3, 0.4) is 0 Å². The smallest absolute Gasteiger partial charge is 0.214 e.